The van der Waals surface area contributed by atoms with E-state index in [9.17, 15) is 4.39 Å². The van der Waals surface area contributed by atoms with Crippen LogP contribution >= 0.6 is 0 Å². The Bertz CT molecular complexity index is 1260. The molecule has 0 amide bonds. The number of halogens is 1. The molecule has 0 radical (unpaired) electrons. The first-order valence-corrected chi connectivity index (χ1v) is 11.1. The molecule has 5 rings (SSSR count). The topological polar surface area (TPSA) is 61.1 Å². The number of para-hydroxylation sites is 1. The molecule has 1 unspecified atom stereocenters. The van der Waals surface area contributed by atoms with E-state index in [0.717, 1.165) is 40.2 Å². The Morgan fingerprint density at radius 1 is 1.15 bits per heavy atom. The third-order valence-corrected chi connectivity index (χ3v) is 5.95. The van der Waals surface area contributed by atoms with Gasteiger partial charge in [0.15, 0.2) is 0 Å². The molecule has 1 aliphatic rings. The number of rotatable bonds is 7. The van der Waals surface area contributed by atoms with E-state index in [1.54, 1.807) is 13.3 Å². The first kappa shape index (κ1) is 21.6. The van der Waals surface area contributed by atoms with Crippen molar-refractivity contribution in [3.05, 3.63) is 54.9 Å². The molecule has 0 saturated carbocycles. The minimum Gasteiger partial charge on any atom is -0.491 e. The molecule has 2 atom stereocenters. The highest BCUT2D eigenvalue weighted by atomic mass is 19.1. The lowest BCUT2D eigenvalue weighted by molar-refractivity contribution is 0.0321. The summed E-state index contributed by atoms with van der Waals surface area (Å²) in [6.45, 7) is 2.20. The van der Waals surface area contributed by atoms with Gasteiger partial charge in [-0.2, -0.15) is 0 Å². The molecule has 3 aromatic heterocycles. The number of methoxy groups -OCH3 is 1. The van der Waals surface area contributed by atoms with Crippen molar-refractivity contribution in [3.63, 3.8) is 0 Å². The SMILES string of the molecule is COCCOc1ccn2c(-c3ccc4cccc(O[C@H]5CCN(C)CC5F)c4n3)cnc2c1. The number of piperidine rings is 1. The molecule has 33 heavy (non-hydrogen) atoms. The third kappa shape index (κ3) is 4.49. The minimum absolute atomic E-state index is 0.382. The van der Waals surface area contributed by atoms with Crippen molar-refractivity contribution >= 4 is 16.6 Å². The maximum atomic E-state index is 14.6. The summed E-state index contributed by atoms with van der Waals surface area (Å²) >= 11 is 0. The Labute approximate surface area is 191 Å². The number of hydrogen-bond acceptors (Lipinski definition) is 6. The fraction of sp³-hybridized carbons (Fsp3) is 0.360. The largest absolute Gasteiger partial charge is 0.491 e. The average molecular weight is 451 g/mol. The fourth-order valence-corrected chi connectivity index (χ4v) is 4.17. The minimum atomic E-state index is -1.03. The van der Waals surface area contributed by atoms with E-state index in [2.05, 4.69) is 4.98 Å². The number of aromatic nitrogens is 3. The molecular weight excluding hydrogens is 423 g/mol. The molecule has 1 fully saturated rings. The second-order valence-electron chi connectivity index (χ2n) is 8.32. The molecule has 0 aliphatic carbocycles. The number of alkyl halides is 1. The van der Waals surface area contributed by atoms with Crippen molar-refractivity contribution < 1.29 is 18.6 Å². The smallest absolute Gasteiger partial charge is 0.149 e. The first-order valence-electron chi connectivity index (χ1n) is 11.1. The molecule has 4 aromatic rings. The van der Waals surface area contributed by atoms with Crippen LogP contribution in [-0.4, -0.2) is 72.0 Å². The predicted octanol–water partition coefficient (Wildman–Crippen LogP) is 4.00. The zero-order valence-corrected chi connectivity index (χ0v) is 18.8. The van der Waals surface area contributed by atoms with Crippen LogP contribution in [-0.2, 0) is 4.74 Å². The van der Waals surface area contributed by atoms with Gasteiger partial charge in [0.2, 0.25) is 0 Å². The Kier molecular flexibility index (Phi) is 6.11. The van der Waals surface area contributed by atoms with Gasteiger partial charge in [-0.05, 0) is 31.7 Å². The van der Waals surface area contributed by atoms with Crippen molar-refractivity contribution in [2.45, 2.75) is 18.7 Å². The van der Waals surface area contributed by atoms with E-state index in [4.69, 9.17) is 19.2 Å². The standard InChI is InChI=1S/C25H27FN4O3/c1-29-10-9-22(19(26)16-29)33-23-5-3-4-17-6-7-20(28-25(17)23)21-15-27-24-14-18(8-11-30(21)24)32-13-12-31-2/h3-8,11,14-15,19,22H,9-10,12-13,16H2,1-2H3/t19?,22-/m0/s1. The normalized spacial score (nSPS) is 19.2. The number of ether oxygens (including phenoxy) is 3. The highest BCUT2D eigenvalue weighted by molar-refractivity contribution is 5.86. The highest BCUT2D eigenvalue weighted by Gasteiger charge is 2.29. The van der Waals surface area contributed by atoms with Crippen LogP contribution in [0.2, 0.25) is 0 Å². The maximum absolute atomic E-state index is 14.6. The van der Waals surface area contributed by atoms with Crippen molar-refractivity contribution in [2.75, 3.05) is 40.5 Å². The van der Waals surface area contributed by atoms with Crippen LogP contribution in [0.4, 0.5) is 4.39 Å². The third-order valence-electron chi connectivity index (χ3n) is 5.95. The van der Waals surface area contributed by atoms with Gasteiger partial charge >= 0.3 is 0 Å². The Morgan fingerprint density at radius 2 is 2.06 bits per heavy atom. The van der Waals surface area contributed by atoms with Crippen LogP contribution in [0.15, 0.2) is 54.9 Å². The van der Waals surface area contributed by atoms with Crippen molar-refractivity contribution in [2.24, 2.45) is 0 Å². The summed E-state index contributed by atoms with van der Waals surface area (Å²) in [5, 5.41) is 0.947. The number of imidazole rings is 1. The number of hydrogen-bond donors (Lipinski definition) is 0. The van der Waals surface area contributed by atoms with Gasteiger partial charge in [0.05, 0.1) is 24.2 Å². The van der Waals surface area contributed by atoms with Gasteiger partial charge in [-0.25, -0.2) is 14.4 Å². The lowest BCUT2D eigenvalue weighted by Crippen LogP contribution is -2.45. The molecular formula is C25H27FN4O3. The van der Waals surface area contributed by atoms with E-state index in [1.807, 2.05) is 65.0 Å². The van der Waals surface area contributed by atoms with E-state index < -0.39 is 12.3 Å². The van der Waals surface area contributed by atoms with E-state index in [-0.39, 0.29) is 0 Å². The van der Waals surface area contributed by atoms with Crippen LogP contribution in [0.3, 0.4) is 0 Å². The molecule has 0 spiro atoms. The Morgan fingerprint density at radius 3 is 2.91 bits per heavy atom. The monoisotopic (exact) mass is 450 g/mol. The molecule has 172 valence electrons. The summed E-state index contributed by atoms with van der Waals surface area (Å²) in [6.07, 6.45) is 2.86. The summed E-state index contributed by atoms with van der Waals surface area (Å²) < 4.78 is 33.4. The van der Waals surface area contributed by atoms with Crippen molar-refractivity contribution in [3.8, 4) is 22.9 Å². The first-order chi connectivity index (χ1) is 16.1. The second kappa shape index (κ2) is 9.33. The number of pyridine rings is 2. The van der Waals surface area contributed by atoms with Gasteiger partial charge in [-0.3, -0.25) is 4.40 Å². The van der Waals surface area contributed by atoms with Crippen molar-refractivity contribution in [1.82, 2.24) is 19.3 Å². The number of nitrogens with zero attached hydrogens (tertiary/aromatic N) is 4. The van der Waals surface area contributed by atoms with Gasteiger partial charge in [-0.1, -0.05) is 18.2 Å². The molecule has 0 N–H and O–H groups in total. The zero-order valence-electron chi connectivity index (χ0n) is 18.8. The molecule has 1 aromatic carbocycles. The Balaban J connectivity index is 1.45. The van der Waals surface area contributed by atoms with Gasteiger partial charge in [0, 0.05) is 37.8 Å². The van der Waals surface area contributed by atoms with Crippen molar-refractivity contribution in [1.29, 1.82) is 0 Å². The van der Waals surface area contributed by atoms with Gasteiger partial charge in [0.25, 0.3) is 0 Å². The quantitative estimate of drug-likeness (QED) is 0.397. The van der Waals surface area contributed by atoms with Crippen LogP contribution in [0.5, 0.6) is 11.5 Å². The average Bonchev–Trinajstić information content (AvgIpc) is 3.24. The van der Waals surface area contributed by atoms with Gasteiger partial charge < -0.3 is 19.1 Å². The molecule has 8 heteroatoms. The summed E-state index contributed by atoms with van der Waals surface area (Å²) in [6, 6.07) is 13.5. The van der Waals surface area contributed by atoms with E-state index >= 15 is 0 Å². The van der Waals surface area contributed by atoms with Crippen LogP contribution in [0.25, 0.3) is 27.9 Å². The van der Waals surface area contributed by atoms with E-state index in [0.29, 0.717) is 31.9 Å². The summed E-state index contributed by atoms with van der Waals surface area (Å²) in [4.78, 5) is 11.4. The van der Waals surface area contributed by atoms with E-state index in [1.165, 1.54) is 0 Å². The lowest BCUT2D eigenvalue weighted by Gasteiger charge is -2.32. The number of benzene rings is 1. The zero-order chi connectivity index (χ0) is 22.8. The predicted molar refractivity (Wildman–Crippen MR) is 125 cm³/mol. The summed E-state index contributed by atoms with van der Waals surface area (Å²) in [5.74, 6) is 1.34. The molecule has 4 heterocycles. The molecule has 1 saturated heterocycles. The molecule has 7 nitrogen and oxygen atoms in total. The lowest BCUT2D eigenvalue weighted by atomic mass is 10.1. The summed E-state index contributed by atoms with van der Waals surface area (Å²) in [7, 11) is 3.57. The second-order valence-corrected chi connectivity index (χ2v) is 8.32. The van der Waals surface area contributed by atoms with Crippen LogP contribution < -0.4 is 9.47 Å². The number of likely N-dealkylation sites (tertiary alicyclic amines) is 1. The fourth-order valence-electron chi connectivity index (χ4n) is 4.17. The highest BCUT2D eigenvalue weighted by Crippen LogP contribution is 2.30. The van der Waals surface area contributed by atoms with Gasteiger partial charge in [0.1, 0.15) is 41.5 Å². The maximum Gasteiger partial charge on any atom is 0.149 e. The Hall–Kier alpha value is -3.23. The van der Waals surface area contributed by atoms with Crippen LogP contribution in [0.1, 0.15) is 6.42 Å². The van der Waals surface area contributed by atoms with Crippen LogP contribution in [0, 0.1) is 0 Å². The van der Waals surface area contributed by atoms with Gasteiger partial charge in [-0.15, -0.1) is 0 Å². The molecule has 1 aliphatic heterocycles. The summed E-state index contributed by atoms with van der Waals surface area (Å²) in [5.41, 5.74) is 3.10. The molecule has 0 bridgehead atoms. The number of fused-ring (bicyclic) bond motifs is 2.